The van der Waals surface area contributed by atoms with Crippen LogP contribution in [0.15, 0.2) is 47.4 Å². The van der Waals surface area contributed by atoms with Gasteiger partial charge in [-0.3, -0.25) is 0 Å². The Kier molecular flexibility index (Phi) is 4.45. The summed E-state index contributed by atoms with van der Waals surface area (Å²) in [6, 6.07) is 14.7. The summed E-state index contributed by atoms with van der Waals surface area (Å²) in [5.41, 5.74) is 4.96. The molecular formula is C16H18OS. The van der Waals surface area contributed by atoms with Gasteiger partial charge in [0.1, 0.15) is 0 Å². The van der Waals surface area contributed by atoms with Crippen LogP contribution in [0.3, 0.4) is 0 Å². The number of benzene rings is 2. The molecular weight excluding hydrogens is 240 g/mol. The second-order valence-electron chi connectivity index (χ2n) is 4.55. The molecule has 1 N–H and O–H groups in total. The van der Waals surface area contributed by atoms with Gasteiger partial charge in [-0.2, -0.15) is 0 Å². The molecule has 0 saturated heterocycles. The highest BCUT2D eigenvalue weighted by Crippen LogP contribution is 2.27. The highest BCUT2D eigenvalue weighted by Gasteiger charge is 2.02. The van der Waals surface area contributed by atoms with Gasteiger partial charge in [0.05, 0.1) is 6.61 Å². The van der Waals surface area contributed by atoms with Crippen molar-refractivity contribution in [3.63, 3.8) is 0 Å². The second-order valence-corrected chi connectivity index (χ2v) is 5.57. The van der Waals surface area contributed by atoms with E-state index in [0.717, 1.165) is 11.3 Å². The van der Waals surface area contributed by atoms with E-state index in [4.69, 9.17) is 0 Å². The number of aryl methyl sites for hydroxylation is 2. The zero-order valence-electron chi connectivity index (χ0n) is 10.8. The number of hydrogen-bond donors (Lipinski definition) is 1. The highest BCUT2D eigenvalue weighted by atomic mass is 32.2. The molecule has 0 unspecified atom stereocenters. The summed E-state index contributed by atoms with van der Waals surface area (Å²) in [5.74, 6) is 0.944. The molecule has 0 heterocycles. The summed E-state index contributed by atoms with van der Waals surface area (Å²) in [4.78, 5) is 1.17. The summed E-state index contributed by atoms with van der Waals surface area (Å²) >= 11 is 1.78. The summed E-state index contributed by atoms with van der Waals surface area (Å²) in [7, 11) is 0. The van der Waals surface area contributed by atoms with E-state index in [9.17, 15) is 5.11 Å². The van der Waals surface area contributed by atoms with Crippen molar-refractivity contribution >= 4 is 11.8 Å². The molecule has 0 bridgehead atoms. The molecule has 0 aliphatic rings. The van der Waals surface area contributed by atoms with Crippen LogP contribution in [0.1, 0.15) is 22.3 Å². The lowest BCUT2D eigenvalue weighted by atomic mass is 10.1. The van der Waals surface area contributed by atoms with Crippen molar-refractivity contribution in [1.82, 2.24) is 0 Å². The van der Waals surface area contributed by atoms with Crippen molar-refractivity contribution in [3.05, 3.63) is 64.7 Å². The van der Waals surface area contributed by atoms with Crippen molar-refractivity contribution < 1.29 is 5.11 Å². The first-order chi connectivity index (χ1) is 8.69. The number of thioether (sulfide) groups is 1. The summed E-state index contributed by atoms with van der Waals surface area (Å²) in [5, 5.41) is 9.29. The number of aliphatic hydroxyl groups excluding tert-OH is 1. The van der Waals surface area contributed by atoms with Crippen molar-refractivity contribution in [1.29, 1.82) is 0 Å². The number of hydrogen-bond acceptors (Lipinski definition) is 2. The topological polar surface area (TPSA) is 20.2 Å². The lowest BCUT2D eigenvalue weighted by Gasteiger charge is -2.08. The molecule has 0 aliphatic carbocycles. The standard InChI is InChI=1S/C16H18OS/c1-12-7-13(2)9-14(8-12)11-18-16-6-4-3-5-15(16)10-17/h3-9,17H,10-11H2,1-2H3. The molecule has 0 saturated carbocycles. The van der Waals surface area contributed by atoms with E-state index in [0.29, 0.717) is 0 Å². The molecule has 0 amide bonds. The molecule has 0 atom stereocenters. The molecule has 2 aromatic rings. The molecule has 2 rings (SSSR count). The molecule has 0 fully saturated rings. The average molecular weight is 258 g/mol. The van der Waals surface area contributed by atoms with Crippen LogP contribution in [0.25, 0.3) is 0 Å². The van der Waals surface area contributed by atoms with Crippen molar-refractivity contribution in [3.8, 4) is 0 Å². The minimum Gasteiger partial charge on any atom is -0.392 e. The van der Waals surface area contributed by atoms with Crippen LogP contribution in [-0.2, 0) is 12.4 Å². The molecule has 1 nitrogen and oxygen atoms in total. The van der Waals surface area contributed by atoms with Gasteiger partial charge in [0.2, 0.25) is 0 Å². The Bertz CT molecular complexity index is 514. The van der Waals surface area contributed by atoms with Gasteiger partial charge in [-0.1, -0.05) is 47.5 Å². The number of aliphatic hydroxyl groups is 1. The third kappa shape index (κ3) is 3.37. The lowest BCUT2D eigenvalue weighted by Crippen LogP contribution is -1.89. The van der Waals surface area contributed by atoms with E-state index < -0.39 is 0 Å². The molecule has 0 aliphatic heterocycles. The first-order valence-corrected chi connectivity index (χ1v) is 7.06. The summed E-state index contributed by atoms with van der Waals surface area (Å²) in [6.45, 7) is 4.36. The first-order valence-electron chi connectivity index (χ1n) is 6.08. The Hall–Kier alpha value is -1.25. The normalized spacial score (nSPS) is 10.6. The van der Waals surface area contributed by atoms with E-state index in [1.807, 2.05) is 18.2 Å². The maximum Gasteiger partial charge on any atom is 0.0692 e. The zero-order valence-corrected chi connectivity index (χ0v) is 11.6. The molecule has 2 heteroatoms. The minimum absolute atomic E-state index is 0.107. The highest BCUT2D eigenvalue weighted by molar-refractivity contribution is 7.98. The third-order valence-electron chi connectivity index (χ3n) is 2.82. The van der Waals surface area contributed by atoms with Gasteiger partial charge in [-0.25, -0.2) is 0 Å². The van der Waals surface area contributed by atoms with Gasteiger partial charge in [0, 0.05) is 10.6 Å². The fourth-order valence-electron chi connectivity index (χ4n) is 2.09. The predicted molar refractivity (Wildman–Crippen MR) is 77.8 cm³/mol. The van der Waals surface area contributed by atoms with Crippen molar-refractivity contribution in [2.24, 2.45) is 0 Å². The van der Waals surface area contributed by atoms with Crippen LogP contribution < -0.4 is 0 Å². The van der Waals surface area contributed by atoms with E-state index in [-0.39, 0.29) is 6.61 Å². The fourth-order valence-corrected chi connectivity index (χ4v) is 3.07. The molecule has 18 heavy (non-hydrogen) atoms. The predicted octanol–water partition coefficient (Wildman–Crippen LogP) is 4.09. The molecule has 94 valence electrons. The lowest BCUT2D eigenvalue weighted by molar-refractivity contribution is 0.279. The average Bonchev–Trinajstić information content (AvgIpc) is 2.35. The maximum absolute atomic E-state index is 9.29. The summed E-state index contributed by atoms with van der Waals surface area (Å²) in [6.07, 6.45) is 0. The Morgan fingerprint density at radius 2 is 1.67 bits per heavy atom. The minimum atomic E-state index is 0.107. The van der Waals surface area contributed by atoms with Crippen LogP contribution in [0.4, 0.5) is 0 Å². The van der Waals surface area contributed by atoms with Crippen molar-refractivity contribution in [2.45, 2.75) is 31.1 Å². The Balaban J connectivity index is 2.11. The van der Waals surface area contributed by atoms with Crippen LogP contribution in [0, 0.1) is 13.8 Å². The summed E-state index contributed by atoms with van der Waals surface area (Å²) < 4.78 is 0. The third-order valence-corrected chi connectivity index (χ3v) is 4.01. The molecule has 0 radical (unpaired) electrons. The van der Waals surface area contributed by atoms with E-state index >= 15 is 0 Å². The first kappa shape index (κ1) is 13.2. The second kappa shape index (κ2) is 6.07. The van der Waals surface area contributed by atoms with Crippen LogP contribution in [-0.4, -0.2) is 5.11 Å². The Morgan fingerprint density at radius 3 is 2.33 bits per heavy atom. The smallest absolute Gasteiger partial charge is 0.0692 e. The molecule has 0 aromatic heterocycles. The molecule has 2 aromatic carbocycles. The maximum atomic E-state index is 9.29. The molecule has 0 spiro atoms. The Labute approximate surface area is 113 Å². The quantitative estimate of drug-likeness (QED) is 0.834. The fraction of sp³-hybridized carbons (Fsp3) is 0.250. The van der Waals surface area contributed by atoms with Crippen LogP contribution in [0.2, 0.25) is 0 Å². The van der Waals surface area contributed by atoms with Crippen LogP contribution in [0.5, 0.6) is 0 Å². The van der Waals surface area contributed by atoms with Gasteiger partial charge in [-0.15, -0.1) is 11.8 Å². The van der Waals surface area contributed by atoms with E-state index in [1.54, 1.807) is 11.8 Å². The Morgan fingerprint density at radius 1 is 1.00 bits per heavy atom. The van der Waals surface area contributed by atoms with Gasteiger partial charge < -0.3 is 5.11 Å². The van der Waals surface area contributed by atoms with E-state index in [1.165, 1.54) is 21.6 Å². The monoisotopic (exact) mass is 258 g/mol. The van der Waals surface area contributed by atoms with Crippen molar-refractivity contribution in [2.75, 3.05) is 0 Å². The largest absolute Gasteiger partial charge is 0.392 e. The van der Waals surface area contributed by atoms with Crippen LogP contribution >= 0.6 is 11.8 Å². The van der Waals surface area contributed by atoms with Gasteiger partial charge >= 0.3 is 0 Å². The zero-order chi connectivity index (χ0) is 13.0. The van der Waals surface area contributed by atoms with Gasteiger partial charge in [-0.05, 0) is 31.0 Å². The SMILES string of the molecule is Cc1cc(C)cc(CSc2ccccc2CO)c1. The van der Waals surface area contributed by atoms with Gasteiger partial charge in [0.25, 0.3) is 0 Å². The van der Waals surface area contributed by atoms with Gasteiger partial charge in [0.15, 0.2) is 0 Å². The van der Waals surface area contributed by atoms with E-state index in [2.05, 4.69) is 38.1 Å². The number of rotatable bonds is 4.